The number of nitrogens with one attached hydrogen (secondary N) is 3. The Morgan fingerprint density at radius 2 is 1.29 bits per heavy atom. The second-order valence-electron chi connectivity index (χ2n) is 18.7. The molecule has 8 unspecified atom stereocenters. The smallest absolute Gasteiger partial charge is 0.110 e. The topological polar surface area (TPSA) is 39.3 Å². The lowest BCUT2D eigenvalue weighted by atomic mass is 9.71. The van der Waals surface area contributed by atoms with Crippen molar-refractivity contribution in [3.8, 4) is 22.3 Å². The Labute approximate surface area is 373 Å². The van der Waals surface area contributed by atoms with Crippen LogP contribution in [0, 0.1) is 29.6 Å². The number of rotatable bonds is 7. The summed E-state index contributed by atoms with van der Waals surface area (Å²) < 4.78 is 0. The minimum atomic E-state index is 0.0908. The summed E-state index contributed by atoms with van der Waals surface area (Å²) in [5.41, 5.74) is 17.5. The summed E-state index contributed by atoms with van der Waals surface area (Å²) in [6, 6.07) is 48.9. The van der Waals surface area contributed by atoms with Gasteiger partial charge in [-0.05, 0) is 108 Å². The van der Waals surface area contributed by atoms with Gasteiger partial charge in [0.2, 0.25) is 0 Å². The van der Waals surface area contributed by atoms with E-state index in [1.54, 1.807) is 5.57 Å². The molecule has 5 aromatic rings. The van der Waals surface area contributed by atoms with E-state index in [1.165, 1.54) is 86.6 Å². The van der Waals surface area contributed by atoms with E-state index in [-0.39, 0.29) is 18.4 Å². The van der Waals surface area contributed by atoms with Crippen molar-refractivity contribution >= 4 is 17.0 Å². The van der Waals surface area contributed by atoms with Crippen LogP contribution in [0.4, 0.5) is 5.69 Å². The van der Waals surface area contributed by atoms with E-state index in [2.05, 4.69) is 209 Å². The van der Waals surface area contributed by atoms with Crippen molar-refractivity contribution in [2.45, 2.75) is 63.3 Å². The van der Waals surface area contributed by atoms with Crippen molar-refractivity contribution in [3.63, 3.8) is 0 Å². The van der Waals surface area contributed by atoms with Gasteiger partial charge in [-0.25, -0.2) is 0 Å². The Bertz CT molecular complexity index is 2750. The molecule has 4 aliphatic carbocycles. The zero-order valence-corrected chi connectivity index (χ0v) is 35.9. The van der Waals surface area contributed by atoms with Gasteiger partial charge in [-0.1, -0.05) is 182 Å². The van der Waals surface area contributed by atoms with E-state index < -0.39 is 0 Å². The standard InChI is InChI=1S/C59H56N4/c1-3-16-40(17-4-1)47-24-7-10-27-50(47)55-38-54(41-18-5-2-6-19-41)60-58(61-55)46-23-14-22-45(37-46)44-21-13-20-43(36-44)39-32-34-42(35-33-39)59-62-53-30-15-29-52-49-26-9-8-25-48(49)51-28-11-12-31-56(51)63(59)57(52)53/h1-14,16-20,22-28,30-32,34,38-39,42-44,46,54,58-62H,15,21,29,33,35-37H2. The highest BCUT2D eigenvalue weighted by Gasteiger charge is 2.43. The maximum atomic E-state index is 4.08. The fourth-order valence-corrected chi connectivity index (χ4v) is 12.0. The highest BCUT2D eigenvalue weighted by molar-refractivity contribution is 5.96. The third-order valence-corrected chi connectivity index (χ3v) is 15.1. The molecular weight excluding hydrogens is 765 g/mol. The Hall–Kier alpha value is -6.36. The fourth-order valence-electron chi connectivity index (χ4n) is 12.0. The molecule has 0 saturated carbocycles. The molecule has 3 heterocycles. The summed E-state index contributed by atoms with van der Waals surface area (Å²) in [6.07, 6.45) is 30.6. The van der Waals surface area contributed by atoms with Crippen molar-refractivity contribution in [2.75, 3.05) is 4.90 Å². The fraction of sp³-hybridized carbons (Fsp3) is 0.254. The quantitative estimate of drug-likeness (QED) is 0.143. The zero-order valence-electron chi connectivity index (χ0n) is 35.9. The van der Waals surface area contributed by atoms with E-state index in [0.717, 1.165) is 25.7 Å². The first-order valence-corrected chi connectivity index (χ1v) is 23.6. The first-order chi connectivity index (χ1) is 31.2. The van der Waals surface area contributed by atoms with E-state index in [9.17, 15) is 0 Å². The summed E-state index contributed by atoms with van der Waals surface area (Å²) in [5.74, 6) is 2.45. The number of hydrogen-bond donors (Lipinski definition) is 3. The van der Waals surface area contributed by atoms with E-state index >= 15 is 0 Å². The minimum absolute atomic E-state index is 0.0908. The molecule has 0 spiro atoms. The monoisotopic (exact) mass is 820 g/mol. The Balaban J connectivity index is 0.760. The third-order valence-electron chi connectivity index (χ3n) is 15.1. The van der Waals surface area contributed by atoms with Crippen LogP contribution in [0.5, 0.6) is 0 Å². The first-order valence-electron chi connectivity index (χ1n) is 23.6. The predicted molar refractivity (Wildman–Crippen MR) is 261 cm³/mol. The van der Waals surface area contributed by atoms with Crippen LogP contribution in [0.15, 0.2) is 205 Å². The number of allylic oxidation sites excluding steroid dienone is 8. The molecule has 0 radical (unpaired) electrons. The molecule has 0 aromatic heterocycles. The van der Waals surface area contributed by atoms with Gasteiger partial charge < -0.3 is 15.5 Å². The molecule has 3 N–H and O–H groups in total. The van der Waals surface area contributed by atoms with Gasteiger partial charge in [-0.15, -0.1) is 0 Å². The van der Waals surface area contributed by atoms with Crippen molar-refractivity contribution in [1.29, 1.82) is 0 Å². The minimum Gasteiger partial charge on any atom is -0.369 e. The van der Waals surface area contributed by atoms with Crippen molar-refractivity contribution in [2.24, 2.45) is 29.6 Å². The normalized spacial score (nSPS) is 28.1. The molecule has 3 aliphatic heterocycles. The Kier molecular flexibility index (Phi) is 9.98. The number of hydrogen-bond acceptors (Lipinski definition) is 4. The molecule has 1 saturated heterocycles. The maximum absolute atomic E-state index is 4.08. The highest BCUT2D eigenvalue weighted by Crippen LogP contribution is 2.51. The van der Waals surface area contributed by atoms with Gasteiger partial charge in [0.05, 0.1) is 29.3 Å². The first kappa shape index (κ1) is 38.3. The second kappa shape index (κ2) is 16.4. The third kappa shape index (κ3) is 7.05. The molecule has 4 nitrogen and oxygen atoms in total. The van der Waals surface area contributed by atoms with Crippen molar-refractivity contribution in [1.82, 2.24) is 16.0 Å². The van der Waals surface area contributed by atoms with Crippen molar-refractivity contribution in [3.05, 3.63) is 222 Å². The highest BCUT2D eigenvalue weighted by atomic mass is 15.4. The number of benzene rings is 5. The van der Waals surface area contributed by atoms with E-state index in [0.29, 0.717) is 29.6 Å². The molecule has 5 aromatic carbocycles. The molecule has 12 rings (SSSR count). The number of anilines is 1. The van der Waals surface area contributed by atoms with Crippen LogP contribution >= 0.6 is 0 Å². The molecule has 0 amide bonds. The lowest BCUT2D eigenvalue weighted by Crippen LogP contribution is -2.51. The van der Waals surface area contributed by atoms with Crippen LogP contribution < -0.4 is 20.9 Å². The maximum Gasteiger partial charge on any atom is 0.110 e. The second-order valence-corrected chi connectivity index (χ2v) is 18.7. The lowest BCUT2D eigenvalue weighted by molar-refractivity contribution is 0.295. The number of para-hydroxylation sites is 1. The average Bonchev–Trinajstić information content (AvgIpc) is 3.71. The van der Waals surface area contributed by atoms with Crippen LogP contribution in [0.3, 0.4) is 0 Å². The molecule has 7 aliphatic rings. The van der Waals surface area contributed by atoms with Crippen LogP contribution in [0.2, 0.25) is 0 Å². The summed E-state index contributed by atoms with van der Waals surface area (Å²) >= 11 is 0. The van der Waals surface area contributed by atoms with Crippen LogP contribution in [-0.2, 0) is 0 Å². The van der Waals surface area contributed by atoms with E-state index in [4.69, 9.17) is 0 Å². The summed E-state index contributed by atoms with van der Waals surface area (Å²) in [4.78, 5) is 2.68. The van der Waals surface area contributed by atoms with Gasteiger partial charge in [0.15, 0.2) is 0 Å². The van der Waals surface area contributed by atoms with Gasteiger partial charge in [-0.2, -0.15) is 0 Å². The largest absolute Gasteiger partial charge is 0.369 e. The molecule has 4 heteroatoms. The Morgan fingerprint density at radius 1 is 0.571 bits per heavy atom. The zero-order chi connectivity index (χ0) is 41.7. The van der Waals surface area contributed by atoms with Gasteiger partial charge in [0.1, 0.15) is 6.17 Å². The SMILES string of the molecule is C1=CC(C2NC(c3ccccc3-c3ccccc3)=CC(c3ccccc3)N2)CC(C2CC=CC(C3C=CC(C4NC5=CCCC6=C5N4c4ccccc4-c4ccccc46)CC3)C2)=C1. The molecule has 1 fully saturated rings. The van der Waals surface area contributed by atoms with Gasteiger partial charge in [0.25, 0.3) is 0 Å². The van der Waals surface area contributed by atoms with E-state index in [1.807, 2.05) is 0 Å². The Morgan fingerprint density at radius 3 is 2.11 bits per heavy atom. The lowest BCUT2D eigenvalue weighted by Gasteiger charge is -2.40. The number of nitrogens with zero attached hydrogens (tertiary/aromatic N) is 1. The van der Waals surface area contributed by atoms with Crippen LogP contribution in [0.1, 0.15) is 67.7 Å². The molecule has 8 atom stereocenters. The molecular formula is C59H56N4. The molecule has 0 bridgehead atoms. The van der Waals surface area contributed by atoms with Gasteiger partial charge in [-0.3, -0.25) is 5.32 Å². The summed E-state index contributed by atoms with van der Waals surface area (Å²) in [5, 5.41) is 12.2. The van der Waals surface area contributed by atoms with Gasteiger partial charge >= 0.3 is 0 Å². The van der Waals surface area contributed by atoms with Crippen molar-refractivity contribution < 1.29 is 0 Å². The summed E-state index contributed by atoms with van der Waals surface area (Å²) in [7, 11) is 0. The summed E-state index contributed by atoms with van der Waals surface area (Å²) in [6.45, 7) is 0. The molecule has 63 heavy (non-hydrogen) atoms. The van der Waals surface area contributed by atoms with Crippen LogP contribution in [-0.4, -0.2) is 12.3 Å². The average molecular weight is 821 g/mol. The van der Waals surface area contributed by atoms with Crippen LogP contribution in [0.25, 0.3) is 33.5 Å². The molecule has 312 valence electrons. The van der Waals surface area contributed by atoms with Gasteiger partial charge in [0, 0.05) is 28.7 Å². The number of fused-ring (bicyclic) bond motifs is 5. The predicted octanol–water partition coefficient (Wildman–Crippen LogP) is 13.1.